The van der Waals surface area contributed by atoms with Gasteiger partial charge in [0.15, 0.2) is 5.78 Å². The number of hydrogen-bond acceptors (Lipinski definition) is 2. The lowest BCUT2D eigenvalue weighted by molar-refractivity contribution is 0.0774. The van der Waals surface area contributed by atoms with Gasteiger partial charge in [-0.05, 0) is 30.7 Å². The molecule has 0 aromatic heterocycles. The van der Waals surface area contributed by atoms with E-state index in [-0.39, 0.29) is 5.92 Å². The van der Waals surface area contributed by atoms with Gasteiger partial charge in [0.2, 0.25) is 0 Å². The highest BCUT2D eigenvalue weighted by Crippen LogP contribution is 2.29. The maximum Gasteiger partial charge on any atom is 0.166 e. The van der Waals surface area contributed by atoms with E-state index in [2.05, 4.69) is 13.0 Å². The number of hydrogen-bond donors (Lipinski definition) is 0. The molecule has 0 fully saturated rings. The number of benzene rings is 1. The number of Topliss-reactive ketones (excluding diaryl/α,β-unsaturated/α-hetero) is 1. The summed E-state index contributed by atoms with van der Waals surface area (Å²) in [6, 6.07) is 8.03. The molecule has 2 atom stereocenters. The molecule has 1 aromatic rings. The van der Waals surface area contributed by atoms with Crippen LogP contribution in [0, 0.1) is 11.8 Å². The summed E-state index contributed by atoms with van der Waals surface area (Å²) in [6.07, 6.45) is 3.11. The number of ether oxygens (including phenoxy) is 1. The summed E-state index contributed by atoms with van der Waals surface area (Å²) in [4.78, 5) is 12.5. The van der Waals surface area contributed by atoms with Crippen molar-refractivity contribution in [3.8, 4) is 0 Å². The second-order valence-corrected chi connectivity index (χ2v) is 4.95. The van der Waals surface area contributed by atoms with Gasteiger partial charge in [0.25, 0.3) is 0 Å². The van der Waals surface area contributed by atoms with Crippen LogP contribution >= 0.6 is 0 Å². The van der Waals surface area contributed by atoms with E-state index in [1.807, 2.05) is 18.2 Å². The summed E-state index contributed by atoms with van der Waals surface area (Å²) in [5, 5.41) is 0. The summed E-state index contributed by atoms with van der Waals surface area (Å²) in [6.45, 7) is 2.78. The molecule has 1 aliphatic carbocycles. The predicted molar refractivity (Wildman–Crippen MR) is 68.2 cm³/mol. The Kier molecular flexibility index (Phi) is 3.95. The van der Waals surface area contributed by atoms with Gasteiger partial charge in [0.05, 0.1) is 0 Å². The molecule has 2 nitrogen and oxygen atoms in total. The van der Waals surface area contributed by atoms with Crippen LogP contribution in [0.5, 0.6) is 0 Å². The Morgan fingerprint density at radius 1 is 1.41 bits per heavy atom. The van der Waals surface area contributed by atoms with Crippen molar-refractivity contribution in [2.45, 2.75) is 26.2 Å². The number of fused-ring (bicyclic) bond motifs is 1. The zero-order chi connectivity index (χ0) is 12.3. The van der Waals surface area contributed by atoms with E-state index in [1.54, 1.807) is 7.11 Å². The molecule has 0 bridgehead atoms. The van der Waals surface area contributed by atoms with E-state index < -0.39 is 0 Å². The highest BCUT2D eigenvalue weighted by Gasteiger charge is 2.29. The van der Waals surface area contributed by atoms with Crippen LogP contribution in [-0.4, -0.2) is 19.5 Å². The first-order valence-electron chi connectivity index (χ1n) is 6.35. The monoisotopic (exact) mass is 232 g/mol. The Bertz CT molecular complexity index is 398. The highest BCUT2D eigenvalue weighted by molar-refractivity contribution is 5.99. The molecule has 1 aliphatic rings. The number of ketones is 1. The first-order chi connectivity index (χ1) is 8.24. The third kappa shape index (κ3) is 2.58. The largest absolute Gasteiger partial charge is 0.384 e. The summed E-state index contributed by atoms with van der Waals surface area (Å²) >= 11 is 0. The van der Waals surface area contributed by atoms with E-state index in [9.17, 15) is 4.79 Å². The minimum absolute atomic E-state index is 0.124. The molecule has 92 valence electrons. The van der Waals surface area contributed by atoms with Gasteiger partial charge in [0.1, 0.15) is 0 Å². The standard InChI is InChI=1S/C15H20O2/c1-11(10-17-2)13-9-5-7-12-6-3-4-8-14(12)15(13)16/h3-4,6,8,11,13H,5,7,9-10H2,1-2H3. The van der Waals surface area contributed by atoms with Crippen molar-refractivity contribution < 1.29 is 9.53 Å². The number of methoxy groups -OCH3 is 1. The van der Waals surface area contributed by atoms with Crippen molar-refractivity contribution in [1.29, 1.82) is 0 Å². The first-order valence-corrected chi connectivity index (χ1v) is 6.35. The molecule has 2 unspecified atom stereocenters. The Balaban J connectivity index is 2.26. The van der Waals surface area contributed by atoms with Gasteiger partial charge in [-0.1, -0.05) is 31.2 Å². The Labute approximate surface area is 103 Å². The van der Waals surface area contributed by atoms with Crippen molar-refractivity contribution in [2.75, 3.05) is 13.7 Å². The lowest BCUT2D eigenvalue weighted by Crippen LogP contribution is -2.24. The first kappa shape index (κ1) is 12.3. The fraction of sp³-hybridized carbons (Fsp3) is 0.533. The van der Waals surface area contributed by atoms with Crippen molar-refractivity contribution in [3.05, 3.63) is 35.4 Å². The predicted octanol–water partition coefficient (Wildman–Crippen LogP) is 3.10. The van der Waals surface area contributed by atoms with Gasteiger partial charge in [0, 0.05) is 25.2 Å². The molecule has 17 heavy (non-hydrogen) atoms. The topological polar surface area (TPSA) is 26.3 Å². The van der Waals surface area contributed by atoms with Crippen molar-refractivity contribution >= 4 is 5.78 Å². The smallest absolute Gasteiger partial charge is 0.166 e. The van der Waals surface area contributed by atoms with Gasteiger partial charge in [-0.25, -0.2) is 0 Å². The van der Waals surface area contributed by atoms with E-state index >= 15 is 0 Å². The van der Waals surface area contributed by atoms with Gasteiger partial charge in [-0.15, -0.1) is 0 Å². The average Bonchev–Trinajstić information content (AvgIpc) is 2.50. The Morgan fingerprint density at radius 3 is 2.94 bits per heavy atom. The fourth-order valence-electron chi connectivity index (χ4n) is 2.74. The second-order valence-electron chi connectivity index (χ2n) is 4.95. The second kappa shape index (κ2) is 5.46. The molecule has 1 aromatic carbocycles. The van der Waals surface area contributed by atoms with Crippen LogP contribution in [0.15, 0.2) is 24.3 Å². The zero-order valence-electron chi connectivity index (χ0n) is 10.6. The lowest BCUT2D eigenvalue weighted by Gasteiger charge is -2.20. The van der Waals surface area contributed by atoms with E-state index in [0.29, 0.717) is 18.3 Å². The van der Waals surface area contributed by atoms with Crippen LogP contribution < -0.4 is 0 Å². The molecule has 0 radical (unpaired) electrons. The maximum atomic E-state index is 12.5. The zero-order valence-corrected chi connectivity index (χ0v) is 10.6. The van der Waals surface area contributed by atoms with Crippen LogP contribution in [0.4, 0.5) is 0 Å². The van der Waals surface area contributed by atoms with Gasteiger partial charge in [-0.2, -0.15) is 0 Å². The van der Waals surface area contributed by atoms with Crippen LogP contribution in [0.3, 0.4) is 0 Å². The third-order valence-electron chi connectivity index (χ3n) is 3.70. The molecular formula is C15H20O2. The Hall–Kier alpha value is -1.15. The van der Waals surface area contributed by atoms with Crippen molar-refractivity contribution in [2.24, 2.45) is 11.8 Å². The fourth-order valence-corrected chi connectivity index (χ4v) is 2.74. The molecule has 0 spiro atoms. The molecule has 0 saturated carbocycles. The highest BCUT2D eigenvalue weighted by atomic mass is 16.5. The minimum atomic E-state index is 0.124. The van der Waals surface area contributed by atoms with Crippen LogP contribution in [-0.2, 0) is 11.2 Å². The lowest BCUT2D eigenvalue weighted by atomic mass is 9.85. The molecule has 0 saturated heterocycles. The SMILES string of the molecule is COCC(C)C1CCCc2ccccc2C1=O. The Morgan fingerprint density at radius 2 is 2.18 bits per heavy atom. The van der Waals surface area contributed by atoms with Crippen LogP contribution in [0.1, 0.15) is 35.7 Å². The molecular weight excluding hydrogens is 212 g/mol. The summed E-state index contributed by atoms with van der Waals surface area (Å²) in [7, 11) is 1.70. The van der Waals surface area contributed by atoms with Crippen LogP contribution in [0.2, 0.25) is 0 Å². The molecule has 0 N–H and O–H groups in total. The molecule has 2 rings (SSSR count). The molecule has 2 heteroatoms. The number of carbonyl (C=O) groups excluding carboxylic acids is 1. The third-order valence-corrected chi connectivity index (χ3v) is 3.70. The summed E-state index contributed by atoms with van der Waals surface area (Å²) < 4.78 is 5.18. The van der Waals surface area contributed by atoms with Gasteiger partial charge in [-0.3, -0.25) is 4.79 Å². The summed E-state index contributed by atoms with van der Waals surface area (Å²) in [5.41, 5.74) is 2.14. The number of rotatable bonds is 3. The molecule has 0 amide bonds. The summed E-state index contributed by atoms with van der Waals surface area (Å²) in [5.74, 6) is 0.736. The van der Waals surface area contributed by atoms with Gasteiger partial charge >= 0.3 is 0 Å². The van der Waals surface area contributed by atoms with Crippen LogP contribution in [0.25, 0.3) is 0 Å². The van der Waals surface area contributed by atoms with E-state index in [1.165, 1.54) is 5.56 Å². The van der Waals surface area contributed by atoms with Gasteiger partial charge < -0.3 is 4.74 Å². The molecule has 0 aliphatic heterocycles. The number of carbonyl (C=O) groups is 1. The van der Waals surface area contributed by atoms with E-state index in [0.717, 1.165) is 24.8 Å². The van der Waals surface area contributed by atoms with Crippen molar-refractivity contribution in [1.82, 2.24) is 0 Å². The maximum absolute atomic E-state index is 12.5. The average molecular weight is 232 g/mol. The van der Waals surface area contributed by atoms with Crippen molar-refractivity contribution in [3.63, 3.8) is 0 Å². The molecule has 0 heterocycles. The quantitative estimate of drug-likeness (QED) is 0.748. The van der Waals surface area contributed by atoms with E-state index in [4.69, 9.17) is 4.74 Å². The normalized spacial score (nSPS) is 21.8. The number of aryl methyl sites for hydroxylation is 1. The minimum Gasteiger partial charge on any atom is -0.384 e.